The second-order valence-corrected chi connectivity index (χ2v) is 5.86. The smallest absolute Gasteiger partial charge is 0.422 e. The summed E-state index contributed by atoms with van der Waals surface area (Å²) in [6.45, 7) is 1.01. The van der Waals surface area contributed by atoms with Crippen molar-refractivity contribution in [2.75, 3.05) is 18.5 Å². The minimum absolute atomic E-state index is 0.0155. The van der Waals surface area contributed by atoms with Gasteiger partial charge in [-0.05, 0) is 55.5 Å². The number of hydrogen-bond donors (Lipinski definition) is 1. The molecule has 0 aliphatic rings. The van der Waals surface area contributed by atoms with E-state index in [9.17, 15) is 22.8 Å². The predicted octanol–water partition coefficient (Wildman–Crippen LogP) is 4.63. The molecule has 0 atom stereocenters. The number of anilines is 1. The zero-order chi connectivity index (χ0) is 20.6. The highest BCUT2D eigenvalue weighted by Gasteiger charge is 2.28. The third-order valence-corrected chi connectivity index (χ3v) is 3.61. The average Bonchev–Trinajstić information content (AvgIpc) is 2.66. The van der Waals surface area contributed by atoms with Gasteiger partial charge in [-0.2, -0.15) is 13.2 Å². The zero-order valence-corrected chi connectivity index (χ0v) is 15.2. The van der Waals surface area contributed by atoms with Gasteiger partial charge in [-0.3, -0.25) is 9.59 Å². The van der Waals surface area contributed by atoms with Gasteiger partial charge >= 0.3 is 6.18 Å². The van der Waals surface area contributed by atoms with Crippen LogP contribution in [0.5, 0.6) is 11.5 Å². The molecule has 5 nitrogen and oxygen atoms in total. The van der Waals surface area contributed by atoms with Crippen molar-refractivity contribution in [2.45, 2.75) is 25.9 Å². The second kappa shape index (κ2) is 9.77. The molecule has 0 saturated carbocycles. The number of carbonyl (C=O) groups is 2. The van der Waals surface area contributed by atoms with Crippen molar-refractivity contribution in [3.63, 3.8) is 0 Å². The van der Waals surface area contributed by atoms with Gasteiger partial charge < -0.3 is 14.8 Å². The summed E-state index contributed by atoms with van der Waals surface area (Å²) in [6.07, 6.45) is -4.40. The molecule has 2 aromatic carbocycles. The lowest BCUT2D eigenvalue weighted by atomic mass is 10.1. The standard InChI is InChI=1S/C20H20F3NO4/c1-2-27-16-7-3-14(4-8-16)18(25)11-12-19(26)24-15-5-9-17(10-6-15)28-13-20(21,22)23/h3-10H,2,11-13H2,1H3,(H,24,26). The van der Waals surface area contributed by atoms with E-state index in [-0.39, 0.29) is 30.3 Å². The van der Waals surface area contributed by atoms with Crippen LogP contribution in [0.25, 0.3) is 0 Å². The molecule has 150 valence electrons. The SMILES string of the molecule is CCOc1ccc(C(=O)CCC(=O)Nc2ccc(OCC(F)(F)F)cc2)cc1. The highest BCUT2D eigenvalue weighted by atomic mass is 19.4. The van der Waals surface area contributed by atoms with Gasteiger partial charge in [0.05, 0.1) is 6.61 Å². The maximum atomic E-state index is 12.1. The van der Waals surface area contributed by atoms with Crippen LogP contribution in [-0.4, -0.2) is 31.1 Å². The molecule has 28 heavy (non-hydrogen) atoms. The lowest BCUT2D eigenvalue weighted by Crippen LogP contribution is -2.19. The number of Topliss-reactive ketones (excluding diaryl/α,β-unsaturated/α-hetero) is 1. The Hall–Kier alpha value is -3.03. The molecular formula is C20H20F3NO4. The van der Waals surface area contributed by atoms with Gasteiger partial charge in [0.1, 0.15) is 11.5 Å². The van der Waals surface area contributed by atoms with E-state index in [1.54, 1.807) is 24.3 Å². The molecule has 1 amide bonds. The Balaban J connectivity index is 1.79. The zero-order valence-electron chi connectivity index (χ0n) is 15.2. The van der Waals surface area contributed by atoms with Gasteiger partial charge in [0, 0.05) is 24.1 Å². The van der Waals surface area contributed by atoms with Crippen LogP contribution in [0.4, 0.5) is 18.9 Å². The van der Waals surface area contributed by atoms with Crippen molar-refractivity contribution in [1.29, 1.82) is 0 Å². The molecule has 2 aromatic rings. The average molecular weight is 395 g/mol. The number of amides is 1. The van der Waals surface area contributed by atoms with Gasteiger partial charge in [0.15, 0.2) is 12.4 Å². The first-order chi connectivity index (χ1) is 13.3. The minimum atomic E-state index is -4.41. The van der Waals surface area contributed by atoms with Crippen LogP contribution in [0.3, 0.4) is 0 Å². The Morgan fingerprint density at radius 3 is 2.04 bits per heavy atom. The van der Waals surface area contributed by atoms with Crippen molar-refractivity contribution in [3.05, 3.63) is 54.1 Å². The molecule has 0 radical (unpaired) electrons. The molecule has 0 heterocycles. The van der Waals surface area contributed by atoms with Crippen LogP contribution in [0.15, 0.2) is 48.5 Å². The van der Waals surface area contributed by atoms with E-state index in [4.69, 9.17) is 4.74 Å². The van der Waals surface area contributed by atoms with Crippen molar-refractivity contribution < 1.29 is 32.2 Å². The summed E-state index contributed by atoms with van der Waals surface area (Å²) in [6, 6.07) is 12.2. The summed E-state index contributed by atoms with van der Waals surface area (Å²) in [4.78, 5) is 24.1. The number of hydrogen-bond acceptors (Lipinski definition) is 4. The van der Waals surface area contributed by atoms with E-state index in [2.05, 4.69) is 10.1 Å². The number of benzene rings is 2. The number of ketones is 1. The third kappa shape index (κ3) is 7.30. The van der Waals surface area contributed by atoms with Crippen LogP contribution in [0.1, 0.15) is 30.1 Å². The molecule has 0 aliphatic heterocycles. The number of ether oxygens (including phenoxy) is 2. The Morgan fingerprint density at radius 1 is 0.893 bits per heavy atom. The van der Waals surface area contributed by atoms with Crippen LogP contribution >= 0.6 is 0 Å². The topological polar surface area (TPSA) is 64.6 Å². The summed E-state index contributed by atoms with van der Waals surface area (Å²) in [5.41, 5.74) is 0.889. The van der Waals surface area contributed by atoms with Crippen molar-refractivity contribution in [3.8, 4) is 11.5 Å². The number of alkyl halides is 3. The van der Waals surface area contributed by atoms with Crippen molar-refractivity contribution >= 4 is 17.4 Å². The Bertz CT molecular complexity index is 787. The molecule has 0 unspecified atom stereocenters. The van der Waals surface area contributed by atoms with E-state index < -0.39 is 12.8 Å². The third-order valence-electron chi connectivity index (χ3n) is 3.61. The summed E-state index contributed by atoms with van der Waals surface area (Å²) in [5.74, 6) is 0.165. The quantitative estimate of drug-likeness (QED) is 0.629. The number of carbonyl (C=O) groups excluding carboxylic acids is 2. The maximum Gasteiger partial charge on any atom is 0.422 e. The molecule has 0 saturated heterocycles. The molecule has 0 aliphatic carbocycles. The lowest BCUT2D eigenvalue weighted by Gasteiger charge is -2.10. The Kier molecular flexibility index (Phi) is 7.43. The summed E-state index contributed by atoms with van der Waals surface area (Å²) in [5, 5.41) is 2.59. The van der Waals surface area contributed by atoms with E-state index in [1.165, 1.54) is 24.3 Å². The maximum absolute atomic E-state index is 12.1. The number of halogens is 3. The highest BCUT2D eigenvalue weighted by molar-refractivity contribution is 6.00. The van der Waals surface area contributed by atoms with Crippen LogP contribution in [-0.2, 0) is 4.79 Å². The van der Waals surface area contributed by atoms with Crippen molar-refractivity contribution in [1.82, 2.24) is 0 Å². The van der Waals surface area contributed by atoms with E-state index in [0.29, 0.717) is 23.6 Å². The summed E-state index contributed by atoms with van der Waals surface area (Å²) < 4.78 is 46.2. The normalized spacial score (nSPS) is 11.0. The highest BCUT2D eigenvalue weighted by Crippen LogP contribution is 2.20. The molecule has 0 fully saturated rings. The molecular weight excluding hydrogens is 375 g/mol. The van der Waals surface area contributed by atoms with Gasteiger partial charge in [-0.15, -0.1) is 0 Å². The summed E-state index contributed by atoms with van der Waals surface area (Å²) >= 11 is 0. The van der Waals surface area contributed by atoms with Crippen LogP contribution < -0.4 is 14.8 Å². The first-order valence-corrected chi connectivity index (χ1v) is 8.62. The van der Waals surface area contributed by atoms with Gasteiger partial charge in [0.2, 0.25) is 5.91 Å². The van der Waals surface area contributed by atoms with Gasteiger partial charge in [-0.25, -0.2) is 0 Å². The molecule has 0 spiro atoms. The van der Waals surface area contributed by atoms with E-state index in [0.717, 1.165) is 0 Å². The molecule has 0 bridgehead atoms. The fraction of sp³-hybridized carbons (Fsp3) is 0.300. The molecule has 8 heteroatoms. The first-order valence-electron chi connectivity index (χ1n) is 8.62. The Labute approximate surface area is 160 Å². The minimum Gasteiger partial charge on any atom is -0.494 e. The number of rotatable bonds is 9. The molecule has 0 aromatic heterocycles. The van der Waals surface area contributed by atoms with Crippen molar-refractivity contribution in [2.24, 2.45) is 0 Å². The largest absolute Gasteiger partial charge is 0.494 e. The Morgan fingerprint density at radius 2 is 1.46 bits per heavy atom. The number of nitrogens with one attached hydrogen (secondary N) is 1. The monoisotopic (exact) mass is 395 g/mol. The second-order valence-electron chi connectivity index (χ2n) is 5.86. The predicted molar refractivity (Wildman–Crippen MR) is 97.8 cm³/mol. The van der Waals surface area contributed by atoms with Gasteiger partial charge in [0.25, 0.3) is 0 Å². The molecule has 1 N–H and O–H groups in total. The van der Waals surface area contributed by atoms with Gasteiger partial charge in [-0.1, -0.05) is 0 Å². The fourth-order valence-corrected chi connectivity index (χ4v) is 2.30. The van der Waals surface area contributed by atoms with E-state index >= 15 is 0 Å². The van der Waals surface area contributed by atoms with Crippen LogP contribution in [0, 0.1) is 0 Å². The molecule has 2 rings (SSSR count). The lowest BCUT2D eigenvalue weighted by molar-refractivity contribution is -0.153. The van der Waals surface area contributed by atoms with E-state index in [1.807, 2.05) is 6.92 Å². The summed E-state index contributed by atoms with van der Waals surface area (Å²) in [7, 11) is 0. The first kappa shape index (κ1) is 21.3. The van der Waals surface area contributed by atoms with Crippen LogP contribution in [0.2, 0.25) is 0 Å². The fourth-order valence-electron chi connectivity index (χ4n) is 2.30.